The molecule has 1 aliphatic heterocycles. The van der Waals surface area contributed by atoms with Crippen molar-refractivity contribution in [3.8, 4) is 0 Å². The number of aryl methyl sites for hydroxylation is 1. The van der Waals surface area contributed by atoms with E-state index < -0.39 is 22.0 Å². The Morgan fingerprint density at radius 2 is 2.12 bits per heavy atom. The summed E-state index contributed by atoms with van der Waals surface area (Å²) >= 11 is 0. The highest BCUT2D eigenvalue weighted by Crippen LogP contribution is 2.26. The van der Waals surface area contributed by atoms with Crippen LogP contribution in [0.1, 0.15) is 35.6 Å². The van der Waals surface area contributed by atoms with Crippen LogP contribution in [0.2, 0.25) is 0 Å². The van der Waals surface area contributed by atoms with E-state index in [-0.39, 0.29) is 29.6 Å². The summed E-state index contributed by atoms with van der Waals surface area (Å²) in [5.41, 5.74) is 0. The van der Waals surface area contributed by atoms with Gasteiger partial charge in [0.05, 0.1) is 12.7 Å². The van der Waals surface area contributed by atoms with Gasteiger partial charge in [-0.1, -0.05) is 0 Å². The first-order valence-corrected chi connectivity index (χ1v) is 9.36. The van der Waals surface area contributed by atoms with Crippen molar-refractivity contribution in [2.75, 3.05) is 33.4 Å². The zero-order valence-corrected chi connectivity index (χ0v) is 14.8. The lowest BCUT2D eigenvalue weighted by molar-refractivity contribution is 0.0586. The number of ether oxygens (including phenoxy) is 1. The van der Waals surface area contributed by atoms with E-state index in [4.69, 9.17) is 9.15 Å². The van der Waals surface area contributed by atoms with Crippen LogP contribution in [0, 0.1) is 6.92 Å². The Kier molecular flexibility index (Phi) is 6.39. The molecule has 0 radical (unpaired) electrons. The Balaban J connectivity index is 2.01. The van der Waals surface area contributed by atoms with Crippen molar-refractivity contribution in [2.24, 2.45) is 0 Å². The summed E-state index contributed by atoms with van der Waals surface area (Å²) in [5.74, 6) is -0.358. The Hall–Kier alpha value is -1.42. The first-order chi connectivity index (χ1) is 11.4. The number of hydrogen-bond acceptors (Lipinski definition) is 6. The first-order valence-electron chi connectivity index (χ1n) is 7.92. The predicted molar refractivity (Wildman–Crippen MR) is 86.3 cm³/mol. The Bertz CT molecular complexity index is 664. The second-order valence-corrected chi connectivity index (χ2v) is 7.70. The molecule has 2 N–H and O–H groups in total. The van der Waals surface area contributed by atoms with Gasteiger partial charge in [0.25, 0.3) is 5.91 Å². The molecule has 1 fully saturated rings. The second-order valence-electron chi connectivity index (χ2n) is 5.80. The fraction of sp³-hybridized carbons (Fsp3) is 0.667. The van der Waals surface area contributed by atoms with Gasteiger partial charge in [-0.15, -0.1) is 0 Å². The highest BCUT2D eigenvalue weighted by Gasteiger charge is 2.31. The van der Waals surface area contributed by atoms with Crippen LogP contribution >= 0.6 is 0 Å². The number of hydrogen-bond donors (Lipinski definition) is 2. The molecule has 0 bridgehead atoms. The van der Waals surface area contributed by atoms with E-state index in [2.05, 4.69) is 5.32 Å². The molecule has 1 amide bonds. The van der Waals surface area contributed by atoms with Gasteiger partial charge >= 0.3 is 0 Å². The van der Waals surface area contributed by atoms with Crippen LogP contribution in [0.3, 0.4) is 0 Å². The molecule has 24 heavy (non-hydrogen) atoms. The average Bonchev–Trinajstić information content (AvgIpc) is 3.17. The van der Waals surface area contributed by atoms with Crippen molar-refractivity contribution >= 4 is 15.9 Å². The van der Waals surface area contributed by atoms with Crippen LogP contribution in [0.4, 0.5) is 0 Å². The molecule has 0 unspecified atom stereocenters. The van der Waals surface area contributed by atoms with Crippen LogP contribution in [0.25, 0.3) is 0 Å². The highest BCUT2D eigenvalue weighted by atomic mass is 32.2. The molecule has 9 heteroatoms. The van der Waals surface area contributed by atoms with E-state index in [1.165, 1.54) is 24.4 Å². The lowest BCUT2D eigenvalue weighted by atomic mass is 10.2. The molecule has 1 aromatic heterocycles. The van der Waals surface area contributed by atoms with E-state index in [0.29, 0.717) is 19.5 Å². The third kappa shape index (κ3) is 4.35. The van der Waals surface area contributed by atoms with E-state index in [1.807, 2.05) is 0 Å². The molecule has 8 nitrogen and oxygen atoms in total. The van der Waals surface area contributed by atoms with Gasteiger partial charge in [-0.05, 0) is 26.2 Å². The smallest absolute Gasteiger partial charge is 0.287 e. The van der Waals surface area contributed by atoms with Crippen molar-refractivity contribution in [3.05, 3.63) is 17.6 Å². The number of amides is 1. The zero-order chi connectivity index (χ0) is 17.7. The number of methoxy groups -OCH3 is 1. The van der Waals surface area contributed by atoms with Crippen LogP contribution in [-0.2, 0) is 14.8 Å². The third-order valence-corrected chi connectivity index (χ3v) is 5.91. The molecule has 2 heterocycles. The summed E-state index contributed by atoms with van der Waals surface area (Å²) in [4.78, 5) is 12.1. The van der Waals surface area contributed by atoms with E-state index in [0.717, 1.165) is 12.8 Å². The van der Waals surface area contributed by atoms with E-state index in [9.17, 15) is 18.3 Å². The number of carbonyl (C=O) groups excluding carboxylic acids is 1. The second kappa shape index (κ2) is 8.11. The fourth-order valence-electron chi connectivity index (χ4n) is 2.62. The highest BCUT2D eigenvalue weighted by molar-refractivity contribution is 7.89. The molecular weight excluding hydrogens is 336 g/mol. The Morgan fingerprint density at radius 1 is 1.46 bits per heavy atom. The maximum absolute atomic E-state index is 12.6. The largest absolute Gasteiger partial charge is 0.455 e. The maximum Gasteiger partial charge on any atom is 0.287 e. The number of nitrogens with zero attached hydrogens (tertiary/aromatic N) is 1. The number of sulfonamides is 1. The average molecular weight is 360 g/mol. The number of nitrogens with one attached hydrogen (secondary N) is 1. The summed E-state index contributed by atoms with van der Waals surface area (Å²) in [6.07, 6.45) is 1.35. The van der Waals surface area contributed by atoms with Gasteiger partial charge < -0.3 is 19.6 Å². The number of furan rings is 1. The lowest BCUT2D eigenvalue weighted by Crippen LogP contribution is -2.29. The molecule has 136 valence electrons. The summed E-state index contributed by atoms with van der Waals surface area (Å²) in [7, 11) is -2.14. The Morgan fingerprint density at radius 3 is 2.75 bits per heavy atom. The standard InChI is InChI=1S/C15H24N2O6S/c1-11-14(24(20,21)17-7-3-4-8-17)9-13(23-11)15(19)16-6-5-12(18)10-22-2/h9,12,18H,3-8,10H2,1-2H3,(H,16,19)/t12-/m0/s1. The van der Waals surface area contributed by atoms with Crippen LogP contribution in [0.15, 0.2) is 15.4 Å². The van der Waals surface area contributed by atoms with Gasteiger partial charge in [0.15, 0.2) is 5.76 Å². The molecule has 0 spiro atoms. The van der Waals surface area contributed by atoms with Gasteiger partial charge in [-0.3, -0.25) is 4.79 Å². The Labute approximate surface area is 141 Å². The number of aliphatic hydroxyl groups is 1. The van der Waals surface area contributed by atoms with Gasteiger partial charge in [0, 0.05) is 32.8 Å². The minimum Gasteiger partial charge on any atom is -0.455 e. The van der Waals surface area contributed by atoms with Crippen LogP contribution in [0.5, 0.6) is 0 Å². The van der Waals surface area contributed by atoms with Crippen molar-refractivity contribution < 1.29 is 27.5 Å². The summed E-state index contributed by atoms with van der Waals surface area (Å²) in [5, 5.41) is 12.1. The summed E-state index contributed by atoms with van der Waals surface area (Å²) < 4.78 is 36.6. The monoisotopic (exact) mass is 360 g/mol. The first kappa shape index (κ1) is 18.9. The molecule has 2 rings (SSSR count). The molecule has 0 aromatic carbocycles. The van der Waals surface area contributed by atoms with Crippen molar-refractivity contribution in [3.63, 3.8) is 0 Å². The van der Waals surface area contributed by atoms with Gasteiger partial charge in [0.1, 0.15) is 10.7 Å². The topological polar surface area (TPSA) is 109 Å². The predicted octanol–water partition coefficient (Wildman–Crippen LogP) is 0.500. The molecule has 0 saturated carbocycles. The number of rotatable bonds is 8. The lowest BCUT2D eigenvalue weighted by Gasteiger charge is -2.14. The van der Waals surface area contributed by atoms with Gasteiger partial charge in [0.2, 0.25) is 10.0 Å². The SMILES string of the molecule is COC[C@@H](O)CCNC(=O)c1cc(S(=O)(=O)N2CCCC2)c(C)o1. The summed E-state index contributed by atoms with van der Waals surface area (Å²) in [6, 6.07) is 1.27. The maximum atomic E-state index is 12.6. The molecule has 0 aliphatic carbocycles. The quantitative estimate of drug-likeness (QED) is 0.699. The minimum absolute atomic E-state index is 0.0361. The fourth-order valence-corrected chi connectivity index (χ4v) is 4.29. The normalized spacial score (nSPS) is 17.1. The van der Waals surface area contributed by atoms with Gasteiger partial charge in [-0.25, -0.2) is 8.42 Å². The molecule has 1 saturated heterocycles. The van der Waals surface area contributed by atoms with Gasteiger partial charge in [-0.2, -0.15) is 4.31 Å². The number of carbonyl (C=O) groups is 1. The summed E-state index contributed by atoms with van der Waals surface area (Å²) in [6.45, 7) is 2.94. The van der Waals surface area contributed by atoms with Crippen molar-refractivity contribution in [2.45, 2.75) is 37.2 Å². The van der Waals surface area contributed by atoms with Crippen molar-refractivity contribution in [1.82, 2.24) is 9.62 Å². The third-order valence-electron chi connectivity index (χ3n) is 3.90. The van der Waals surface area contributed by atoms with E-state index >= 15 is 0 Å². The zero-order valence-electron chi connectivity index (χ0n) is 13.9. The molecular formula is C15H24N2O6S. The van der Waals surface area contributed by atoms with Crippen LogP contribution in [-0.4, -0.2) is 63.2 Å². The molecule has 1 aliphatic rings. The van der Waals surface area contributed by atoms with E-state index in [1.54, 1.807) is 0 Å². The van der Waals surface area contributed by atoms with Crippen LogP contribution < -0.4 is 5.32 Å². The molecule has 1 aromatic rings. The minimum atomic E-state index is -3.62. The molecule has 1 atom stereocenters. The van der Waals surface area contributed by atoms with Crippen molar-refractivity contribution in [1.29, 1.82) is 0 Å². The number of aliphatic hydroxyl groups excluding tert-OH is 1.